The summed E-state index contributed by atoms with van der Waals surface area (Å²) in [5.74, 6) is 0. The van der Waals surface area contributed by atoms with E-state index in [1.165, 1.54) is 12.0 Å². The molecule has 0 radical (unpaired) electrons. The third-order valence-corrected chi connectivity index (χ3v) is 2.31. The van der Waals surface area contributed by atoms with Crippen LogP contribution in [-0.2, 0) is 0 Å². The SMILES string of the molecule is Cc1cncc(NC2CCNC2)c1. The van der Waals surface area contributed by atoms with Crippen molar-refractivity contribution in [3.05, 3.63) is 24.0 Å². The highest BCUT2D eigenvalue weighted by Gasteiger charge is 2.13. The van der Waals surface area contributed by atoms with Crippen molar-refractivity contribution in [2.45, 2.75) is 19.4 Å². The first-order valence-corrected chi connectivity index (χ1v) is 4.73. The molecule has 1 atom stereocenters. The van der Waals surface area contributed by atoms with Crippen molar-refractivity contribution in [3.63, 3.8) is 0 Å². The Kier molecular flexibility index (Phi) is 2.45. The molecule has 0 aliphatic carbocycles. The van der Waals surface area contributed by atoms with E-state index in [0.717, 1.165) is 18.8 Å². The van der Waals surface area contributed by atoms with Crippen molar-refractivity contribution in [1.82, 2.24) is 10.3 Å². The summed E-state index contributed by atoms with van der Waals surface area (Å²) >= 11 is 0. The van der Waals surface area contributed by atoms with Crippen molar-refractivity contribution >= 4 is 5.69 Å². The smallest absolute Gasteiger partial charge is 0.0531 e. The first kappa shape index (κ1) is 8.51. The number of nitrogens with one attached hydrogen (secondary N) is 2. The monoisotopic (exact) mass is 177 g/mol. The maximum Gasteiger partial charge on any atom is 0.0531 e. The Morgan fingerprint density at radius 3 is 3.15 bits per heavy atom. The van der Waals surface area contributed by atoms with Crippen LogP contribution in [0.2, 0.25) is 0 Å². The zero-order chi connectivity index (χ0) is 9.10. The Hall–Kier alpha value is -1.09. The fourth-order valence-electron chi connectivity index (χ4n) is 1.65. The van der Waals surface area contributed by atoms with Crippen LogP contribution in [0.1, 0.15) is 12.0 Å². The number of aromatic nitrogens is 1. The minimum atomic E-state index is 0.573. The molecule has 1 saturated heterocycles. The van der Waals surface area contributed by atoms with Crippen molar-refractivity contribution in [2.75, 3.05) is 18.4 Å². The Balaban J connectivity index is 2.00. The van der Waals surface area contributed by atoms with Gasteiger partial charge in [0.25, 0.3) is 0 Å². The van der Waals surface area contributed by atoms with Crippen molar-refractivity contribution in [1.29, 1.82) is 0 Å². The van der Waals surface area contributed by atoms with E-state index in [1.807, 2.05) is 12.4 Å². The maximum absolute atomic E-state index is 4.14. The van der Waals surface area contributed by atoms with Gasteiger partial charge in [0.2, 0.25) is 0 Å². The van der Waals surface area contributed by atoms with Crippen LogP contribution in [0.4, 0.5) is 5.69 Å². The lowest BCUT2D eigenvalue weighted by molar-refractivity contribution is 0.792. The highest BCUT2D eigenvalue weighted by atomic mass is 15.0. The summed E-state index contributed by atoms with van der Waals surface area (Å²) in [5, 5.41) is 6.78. The van der Waals surface area contributed by atoms with Gasteiger partial charge in [0.1, 0.15) is 0 Å². The van der Waals surface area contributed by atoms with E-state index in [4.69, 9.17) is 0 Å². The molecule has 0 amide bonds. The Labute approximate surface area is 78.6 Å². The Morgan fingerprint density at radius 1 is 1.54 bits per heavy atom. The van der Waals surface area contributed by atoms with Gasteiger partial charge in [0, 0.05) is 25.0 Å². The lowest BCUT2D eigenvalue weighted by Gasteiger charge is -2.12. The van der Waals surface area contributed by atoms with E-state index >= 15 is 0 Å². The van der Waals surface area contributed by atoms with Gasteiger partial charge in [-0.25, -0.2) is 0 Å². The summed E-state index contributed by atoms with van der Waals surface area (Å²) in [6.45, 7) is 4.25. The molecule has 3 heteroatoms. The van der Waals surface area contributed by atoms with Gasteiger partial charge < -0.3 is 10.6 Å². The van der Waals surface area contributed by atoms with Gasteiger partial charge in [0.15, 0.2) is 0 Å². The summed E-state index contributed by atoms with van der Waals surface area (Å²) in [4.78, 5) is 4.14. The van der Waals surface area contributed by atoms with Gasteiger partial charge in [-0.2, -0.15) is 0 Å². The summed E-state index contributed by atoms with van der Waals surface area (Å²) in [6.07, 6.45) is 4.96. The minimum absolute atomic E-state index is 0.573. The second kappa shape index (κ2) is 3.75. The van der Waals surface area contributed by atoms with Crippen LogP contribution in [0.5, 0.6) is 0 Å². The summed E-state index contributed by atoms with van der Waals surface area (Å²) in [6, 6.07) is 2.70. The predicted molar refractivity (Wildman–Crippen MR) is 53.9 cm³/mol. The van der Waals surface area contributed by atoms with Gasteiger partial charge in [-0.05, 0) is 31.5 Å². The molecule has 1 unspecified atom stereocenters. The lowest BCUT2D eigenvalue weighted by atomic mass is 10.2. The summed E-state index contributed by atoms with van der Waals surface area (Å²) in [5.41, 5.74) is 2.34. The van der Waals surface area contributed by atoms with Gasteiger partial charge >= 0.3 is 0 Å². The van der Waals surface area contributed by atoms with Gasteiger partial charge in [-0.3, -0.25) is 4.98 Å². The van der Waals surface area contributed by atoms with E-state index in [-0.39, 0.29) is 0 Å². The van der Waals surface area contributed by atoms with E-state index in [1.54, 1.807) is 0 Å². The van der Waals surface area contributed by atoms with E-state index < -0.39 is 0 Å². The molecule has 70 valence electrons. The fraction of sp³-hybridized carbons (Fsp3) is 0.500. The molecule has 3 nitrogen and oxygen atoms in total. The fourth-order valence-corrected chi connectivity index (χ4v) is 1.65. The Bertz CT molecular complexity index is 279. The average molecular weight is 177 g/mol. The van der Waals surface area contributed by atoms with Crippen LogP contribution in [0.3, 0.4) is 0 Å². The topological polar surface area (TPSA) is 37.0 Å². The van der Waals surface area contributed by atoms with E-state index in [9.17, 15) is 0 Å². The second-order valence-electron chi connectivity index (χ2n) is 3.59. The number of hydrogen-bond acceptors (Lipinski definition) is 3. The third-order valence-electron chi connectivity index (χ3n) is 2.31. The van der Waals surface area contributed by atoms with Crippen molar-refractivity contribution in [2.24, 2.45) is 0 Å². The molecular weight excluding hydrogens is 162 g/mol. The molecule has 1 fully saturated rings. The number of rotatable bonds is 2. The minimum Gasteiger partial charge on any atom is -0.380 e. The number of nitrogens with zero attached hydrogens (tertiary/aromatic N) is 1. The molecule has 0 bridgehead atoms. The third kappa shape index (κ3) is 2.18. The zero-order valence-corrected chi connectivity index (χ0v) is 7.88. The molecule has 1 aromatic heterocycles. The molecule has 0 aromatic carbocycles. The number of aryl methyl sites for hydroxylation is 1. The average Bonchev–Trinajstić information content (AvgIpc) is 2.57. The van der Waals surface area contributed by atoms with Crippen LogP contribution in [-0.4, -0.2) is 24.1 Å². The first-order valence-electron chi connectivity index (χ1n) is 4.73. The lowest BCUT2D eigenvalue weighted by Crippen LogP contribution is -2.22. The predicted octanol–water partition coefficient (Wildman–Crippen LogP) is 1.16. The largest absolute Gasteiger partial charge is 0.380 e. The molecule has 2 rings (SSSR count). The van der Waals surface area contributed by atoms with Crippen molar-refractivity contribution in [3.8, 4) is 0 Å². The van der Waals surface area contributed by atoms with Gasteiger partial charge in [0.05, 0.1) is 5.69 Å². The number of pyridine rings is 1. The molecule has 2 N–H and O–H groups in total. The molecule has 1 aliphatic heterocycles. The quantitative estimate of drug-likeness (QED) is 0.712. The highest BCUT2D eigenvalue weighted by molar-refractivity contribution is 5.43. The van der Waals surface area contributed by atoms with Gasteiger partial charge in [-0.15, -0.1) is 0 Å². The van der Waals surface area contributed by atoms with Gasteiger partial charge in [-0.1, -0.05) is 0 Å². The second-order valence-corrected chi connectivity index (χ2v) is 3.59. The van der Waals surface area contributed by atoms with E-state index in [0.29, 0.717) is 6.04 Å². The van der Waals surface area contributed by atoms with E-state index in [2.05, 4.69) is 28.6 Å². The highest BCUT2D eigenvalue weighted by Crippen LogP contribution is 2.11. The zero-order valence-electron chi connectivity index (χ0n) is 7.88. The molecule has 0 spiro atoms. The molecule has 1 aromatic rings. The number of anilines is 1. The van der Waals surface area contributed by atoms with Crippen LogP contribution in [0.15, 0.2) is 18.5 Å². The summed E-state index contributed by atoms with van der Waals surface area (Å²) in [7, 11) is 0. The first-order chi connectivity index (χ1) is 6.34. The van der Waals surface area contributed by atoms with Crippen molar-refractivity contribution < 1.29 is 0 Å². The molecule has 1 aliphatic rings. The van der Waals surface area contributed by atoms with Crippen LogP contribution in [0.25, 0.3) is 0 Å². The van der Waals surface area contributed by atoms with Crippen LogP contribution in [0, 0.1) is 6.92 Å². The molecule has 0 saturated carbocycles. The normalized spacial score (nSPS) is 21.8. The summed E-state index contributed by atoms with van der Waals surface area (Å²) < 4.78 is 0. The molecular formula is C10H15N3. The Morgan fingerprint density at radius 2 is 2.46 bits per heavy atom. The molecule has 13 heavy (non-hydrogen) atoms. The van der Waals surface area contributed by atoms with Crippen LogP contribution >= 0.6 is 0 Å². The van der Waals surface area contributed by atoms with Crippen LogP contribution < -0.4 is 10.6 Å². The molecule has 2 heterocycles. The standard InChI is InChI=1S/C10H15N3/c1-8-4-10(7-12-5-8)13-9-2-3-11-6-9/h4-5,7,9,11,13H,2-3,6H2,1H3. The maximum atomic E-state index is 4.14. The number of hydrogen-bond donors (Lipinski definition) is 2.